The fraction of sp³-hybridized carbons (Fsp3) is 0. The van der Waals surface area contributed by atoms with Gasteiger partial charge in [-0.3, -0.25) is 0 Å². The summed E-state index contributed by atoms with van der Waals surface area (Å²) in [6.07, 6.45) is 0. The molecule has 0 bridgehead atoms. The van der Waals surface area contributed by atoms with E-state index in [1.54, 1.807) is 0 Å². The molecule has 0 rings (SSSR count). The van der Waals surface area contributed by atoms with E-state index >= 15 is 0 Å². The Morgan fingerprint density at radius 2 is 0.231 bits per heavy atom. The molecule has 0 atom stereocenters. The van der Waals surface area contributed by atoms with E-state index in [9.17, 15) is 0 Å². The largest absolute Gasteiger partial charge is 1.00 e. The van der Waals surface area contributed by atoms with Crippen molar-refractivity contribution in [2.75, 3.05) is 0 Å². The predicted octanol–water partition coefficient (Wildman–Crippen LogP) is -12.8. The molecular weight excluding hydrogens is 215 g/mol. The smallest absolute Gasteiger partial charge is 1.00 e. The molecule has 13 heteroatoms. The van der Waals surface area contributed by atoms with Gasteiger partial charge in [-0.2, -0.15) is 0 Å². The van der Waals surface area contributed by atoms with Crippen LogP contribution in [0.1, 0.15) is 1.43 Å². The van der Waals surface area contributed by atoms with Crippen LogP contribution in [0.3, 0.4) is 0 Å². The van der Waals surface area contributed by atoms with E-state index in [1.165, 1.54) is 0 Å². The second-order valence-corrected chi connectivity index (χ2v) is 0. The zero-order valence-electron chi connectivity index (χ0n) is 8.00. The predicted molar refractivity (Wildman–Crippen MR) is 44.5 cm³/mol. The van der Waals surface area contributed by atoms with Gasteiger partial charge in [0.15, 0.2) is 0 Å². The molecule has 0 amide bonds. The summed E-state index contributed by atoms with van der Waals surface area (Å²) in [5.41, 5.74) is 0. The molecule has 0 unspecified atom stereocenters. The molecule has 24 N–H and O–H groups in total. The first kappa shape index (κ1) is 7840. The van der Waals surface area contributed by atoms with Crippen LogP contribution < -0.4 is 29.6 Å². The van der Waals surface area contributed by atoms with Crippen LogP contribution in [0.2, 0.25) is 0 Å². The van der Waals surface area contributed by atoms with Crippen LogP contribution in [-0.2, 0) is 0 Å². The maximum absolute atomic E-state index is 0. The van der Waals surface area contributed by atoms with E-state index in [0.29, 0.717) is 0 Å². The summed E-state index contributed by atoms with van der Waals surface area (Å²) in [6.45, 7) is 0. The molecule has 13 heavy (non-hydrogen) atoms. The van der Waals surface area contributed by atoms with E-state index in [-0.39, 0.29) is 96.7 Å². The minimum Gasteiger partial charge on any atom is -1.00 e. The van der Waals surface area contributed by atoms with Crippen molar-refractivity contribution < 1.29 is 96.7 Å². The Morgan fingerprint density at radius 3 is 0.231 bits per heavy atom. The third-order valence-corrected chi connectivity index (χ3v) is 0. The third kappa shape index (κ3) is 5120. The average Bonchev–Trinajstić information content (AvgIpc) is 0. The summed E-state index contributed by atoms with van der Waals surface area (Å²) in [7, 11) is 0. The van der Waals surface area contributed by atoms with Crippen LogP contribution in [-0.4, -0.2) is 65.7 Å². The molecule has 98 valence electrons. The molecule has 0 aliphatic carbocycles. The standard InChI is InChI=1S/Na.12H2O.H/h;12*1H2;/q+1;;;;;;;;;;;;;-1. The van der Waals surface area contributed by atoms with Crippen molar-refractivity contribution in [2.45, 2.75) is 0 Å². The SMILES string of the molecule is O.O.O.O.O.O.O.O.O.O.O.O.[H-].[Na+]. The Labute approximate surface area is 97.0 Å². The molecular formula is H25NaO12. The fourth-order valence-electron chi connectivity index (χ4n) is 0. The number of rotatable bonds is 0. The molecule has 0 aromatic heterocycles. The van der Waals surface area contributed by atoms with Crippen molar-refractivity contribution >= 4 is 0 Å². The molecule has 0 saturated heterocycles. The second-order valence-electron chi connectivity index (χ2n) is 0. The Balaban J connectivity index is 0. The van der Waals surface area contributed by atoms with Crippen LogP contribution in [0.4, 0.5) is 0 Å². The quantitative estimate of drug-likeness (QED) is 0.355. The number of hydrogen-bond acceptors (Lipinski definition) is 0. The van der Waals surface area contributed by atoms with Crippen molar-refractivity contribution in [3.8, 4) is 0 Å². The fourth-order valence-corrected chi connectivity index (χ4v) is 0. The van der Waals surface area contributed by atoms with Crippen molar-refractivity contribution in [3.05, 3.63) is 0 Å². The van der Waals surface area contributed by atoms with Gasteiger partial charge in [0.25, 0.3) is 0 Å². The third-order valence-electron chi connectivity index (χ3n) is 0. The maximum Gasteiger partial charge on any atom is 1.00 e. The molecule has 0 aliphatic heterocycles. The van der Waals surface area contributed by atoms with Gasteiger partial charge in [0.05, 0.1) is 0 Å². The first-order chi connectivity index (χ1) is 0. The van der Waals surface area contributed by atoms with E-state index in [2.05, 4.69) is 0 Å². The normalized spacial score (nSPS) is 0. The zero-order valence-corrected chi connectivity index (χ0v) is 9.00. The first-order valence-electron chi connectivity index (χ1n) is 0. The molecule has 12 nitrogen and oxygen atoms in total. The first-order valence-corrected chi connectivity index (χ1v) is 0. The molecule has 0 aliphatic rings. The minimum atomic E-state index is 0. The van der Waals surface area contributed by atoms with E-state index in [0.717, 1.165) is 0 Å². The van der Waals surface area contributed by atoms with Gasteiger partial charge >= 0.3 is 29.6 Å². The maximum atomic E-state index is 0. The van der Waals surface area contributed by atoms with Gasteiger partial charge in [-0.05, 0) is 0 Å². The molecule has 0 radical (unpaired) electrons. The summed E-state index contributed by atoms with van der Waals surface area (Å²) in [5, 5.41) is 0. The molecule has 0 heterocycles. The van der Waals surface area contributed by atoms with Crippen LogP contribution in [0.15, 0.2) is 0 Å². The van der Waals surface area contributed by atoms with Gasteiger partial charge in [-0.25, -0.2) is 0 Å². The van der Waals surface area contributed by atoms with Gasteiger partial charge in [0, 0.05) is 0 Å². The summed E-state index contributed by atoms with van der Waals surface area (Å²) in [4.78, 5) is 0. The second kappa shape index (κ2) is 6140. The Bertz CT molecular complexity index is 10.3. The van der Waals surface area contributed by atoms with Crippen molar-refractivity contribution in [1.29, 1.82) is 0 Å². The van der Waals surface area contributed by atoms with Crippen LogP contribution in [0.25, 0.3) is 0 Å². The molecule has 0 saturated carbocycles. The minimum absolute atomic E-state index is 0. The Hall–Kier alpha value is 0.520. The Kier molecular flexibility index (Phi) is 3700000. The Morgan fingerprint density at radius 1 is 0.231 bits per heavy atom. The monoisotopic (exact) mass is 240 g/mol. The van der Waals surface area contributed by atoms with Gasteiger partial charge in [0.2, 0.25) is 0 Å². The summed E-state index contributed by atoms with van der Waals surface area (Å²) in [5.74, 6) is 0. The average molecular weight is 240 g/mol. The van der Waals surface area contributed by atoms with E-state index in [4.69, 9.17) is 0 Å². The summed E-state index contributed by atoms with van der Waals surface area (Å²) >= 11 is 0. The summed E-state index contributed by atoms with van der Waals surface area (Å²) < 4.78 is 0. The van der Waals surface area contributed by atoms with Crippen LogP contribution in [0, 0.1) is 0 Å². The molecule has 0 fully saturated rings. The van der Waals surface area contributed by atoms with Crippen molar-refractivity contribution in [1.82, 2.24) is 0 Å². The van der Waals surface area contributed by atoms with Crippen molar-refractivity contribution in [3.63, 3.8) is 0 Å². The van der Waals surface area contributed by atoms with Gasteiger partial charge in [-0.15, -0.1) is 0 Å². The van der Waals surface area contributed by atoms with Crippen molar-refractivity contribution in [2.24, 2.45) is 0 Å². The van der Waals surface area contributed by atoms with Crippen LogP contribution in [0.5, 0.6) is 0 Å². The van der Waals surface area contributed by atoms with E-state index < -0.39 is 0 Å². The molecule has 0 aromatic carbocycles. The molecule has 0 aromatic rings. The topological polar surface area (TPSA) is 378 Å². The zero-order chi connectivity index (χ0) is 0. The van der Waals surface area contributed by atoms with Crippen LogP contribution >= 0.6 is 0 Å². The van der Waals surface area contributed by atoms with Gasteiger partial charge in [0.1, 0.15) is 0 Å². The number of hydrogen-bond donors (Lipinski definition) is 0. The molecule has 0 spiro atoms. The summed E-state index contributed by atoms with van der Waals surface area (Å²) in [6, 6.07) is 0. The van der Waals surface area contributed by atoms with Gasteiger partial charge in [-0.1, -0.05) is 0 Å². The van der Waals surface area contributed by atoms with E-state index in [1.807, 2.05) is 0 Å². The van der Waals surface area contributed by atoms with Gasteiger partial charge < -0.3 is 67.1 Å².